The van der Waals surface area contributed by atoms with Crippen molar-refractivity contribution in [2.75, 3.05) is 5.75 Å². The molecule has 0 aliphatic heterocycles. The summed E-state index contributed by atoms with van der Waals surface area (Å²) in [4.78, 5) is 0.938. The molecule has 1 aliphatic carbocycles. The van der Waals surface area contributed by atoms with Crippen molar-refractivity contribution in [3.63, 3.8) is 0 Å². The van der Waals surface area contributed by atoms with Crippen LogP contribution in [0.25, 0.3) is 0 Å². The van der Waals surface area contributed by atoms with Gasteiger partial charge in [-0.2, -0.15) is 0 Å². The molecule has 1 aliphatic rings. The maximum Gasteiger partial charge on any atom is 0.0545 e. The highest BCUT2D eigenvalue weighted by molar-refractivity contribution is 7.85. The zero-order valence-corrected chi connectivity index (χ0v) is 9.85. The van der Waals surface area contributed by atoms with Gasteiger partial charge in [0.25, 0.3) is 0 Å². The number of aryl methyl sites for hydroxylation is 2. The third-order valence-electron chi connectivity index (χ3n) is 2.75. The Kier molecular flexibility index (Phi) is 3.22. The average Bonchev–Trinajstić information content (AvgIpc) is 2.62. The summed E-state index contributed by atoms with van der Waals surface area (Å²) in [5, 5.41) is 0. The molecule has 82 valence electrons. The van der Waals surface area contributed by atoms with Crippen LogP contribution >= 0.6 is 0 Å². The van der Waals surface area contributed by atoms with Gasteiger partial charge in [0.2, 0.25) is 0 Å². The molecule has 0 aromatic heterocycles. The molecule has 2 nitrogen and oxygen atoms in total. The van der Waals surface area contributed by atoms with Crippen LogP contribution in [0, 0.1) is 0 Å². The summed E-state index contributed by atoms with van der Waals surface area (Å²) in [7, 11) is -0.931. The van der Waals surface area contributed by atoms with Gasteiger partial charge in [-0.25, -0.2) is 0 Å². The van der Waals surface area contributed by atoms with Gasteiger partial charge < -0.3 is 5.73 Å². The molecule has 0 saturated carbocycles. The molecule has 1 aromatic carbocycles. The largest absolute Gasteiger partial charge is 0.327 e. The van der Waals surface area contributed by atoms with E-state index >= 15 is 0 Å². The van der Waals surface area contributed by atoms with Gasteiger partial charge in [-0.3, -0.25) is 4.21 Å². The van der Waals surface area contributed by atoms with Crippen molar-refractivity contribution in [3.8, 4) is 0 Å². The molecule has 2 unspecified atom stereocenters. The van der Waals surface area contributed by atoms with Crippen molar-refractivity contribution in [2.45, 2.75) is 37.1 Å². The van der Waals surface area contributed by atoms with E-state index in [1.54, 1.807) is 0 Å². The van der Waals surface area contributed by atoms with Crippen LogP contribution in [0.2, 0.25) is 0 Å². The Bertz CT molecular complexity index is 387. The zero-order valence-electron chi connectivity index (χ0n) is 9.03. The van der Waals surface area contributed by atoms with E-state index in [2.05, 4.69) is 12.1 Å². The second-order valence-electron chi connectivity index (χ2n) is 4.27. The van der Waals surface area contributed by atoms with Gasteiger partial charge >= 0.3 is 0 Å². The fourth-order valence-corrected chi connectivity index (χ4v) is 3.19. The first-order chi connectivity index (χ1) is 7.16. The highest BCUT2D eigenvalue weighted by Gasteiger charge is 2.13. The van der Waals surface area contributed by atoms with Gasteiger partial charge in [-0.05, 0) is 49.4 Å². The maximum atomic E-state index is 11.9. The molecular weight excluding hydrogens is 206 g/mol. The molecule has 0 bridgehead atoms. The molecule has 1 aromatic rings. The molecule has 2 rings (SSSR count). The Morgan fingerprint density at radius 2 is 2.13 bits per heavy atom. The predicted octanol–water partition coefficient (Wildman–Crippen LogP) is 1.63. The molecular formula is C12H17NOS. The summed E-state index contributed by atoms with van der Waals surface area (Å²) < 4.78 is 11.9. The summed E-state index contributed by atoms with van der Waals surface area (Å²) in [5.74, 6) is 0.554. The normalized spacial score (nSPS) is 18.5. The lowest BCUT2D eigenvalue weighted by atomic mass is 10.1. The van der Waals surface area contributed by atoms with Gasteiger partial charge in [-0.1, -0.05) is 6.07 Å². The Morgan fingerprint density at radius 1 is 1.40 bits per heavy atom. The fourth-order valence-electron chi connectivity index (χ4n) is 2.02. The third-order valence-corrected chi connectivity index (χ3v) is 4.36. The zero-order chi connectivity index (χ0) is 10.8. The number of hydrogen-bond donors (Lipinski definition) is 1. The van der Waals surface area contributed by atoms with Crippen molar-refractivity contribution >= 4 is 10.8 Å². The van der Waals surface area contributed by atoms with Crippen LogP contribution in [-0.4, -0.2) is 16.0 Å². The number of hydrogen-bond acceptors (Lipinski definition) is 2. The molecule has 0 saturated heterocycles. The summed E-state index contributed by atoms with van der Waals surface area (Å²) in [6, 6.07) is 6.21. The minimum atomic E-state index is -0.931. The van der Waals surface area contributed by atoms with E-state index in [9.17, 15) is 4.21 Å². The summed E-state index contributed by atoms with van der Waals surface area (Å²) in [6.45, 7) is 1.89. The van der Waals surface area contributed by atoms with Crippen LogP contribution in [0.5, 0.6) is 0 Å². The van der Waals surface area contributed by atoms with E-state index in [-0.39, 0.29) is 6.04 Å². The van der Waals surface area contributed by atoms with Gasteiger partial charge in [0.15, 0.2) is 0 Å². The second kappa shape index (κ2) is 4.45. The van der Waals surface area contributed by atoms with E-state index in [4.69, 9.17) is 5.73 Å². The van der Waals surface area contributed by atoms with Gasteiger partial charge in [0, 0.05) is 16.7 Å². The first kappa shape index (κ1) is 10.8. The SMILES string of the molecule is CC(N)CS(=O)c1ccc2c(c1)CCC2. The first-order valence-electron chi connectivity index (χ1n) is 5.42. The average molecular weight is 223 g/mol. The van der Waals surface area contributed by atoms with Gasteiger partial charge in [0.05, 0.1) is 10.8 Å². The maximum absolute atomic E-state index is 11.9. The van der Waals surface area contributed by atoms with E-state index in [1.807, 2.05) is 13.0 Å². The lowest BCUT2D eigenvalue weighted by molar-refractivity contribution is 0.676. The number of nitrogens with two attached hydrogens (primary N) is 1. The lowest BCUT2D eigenvalue weighted by Crippen LogP contribution is -2.23. The number of benzene rings is 1. The highest BCUT2D eigenvalue weighted by atomic mass is 32.2. The van der Waals surface area contributed by atoms with Gasteiger partial charge in [-0.15, -0.1) is 0 Å². The lowest BCUT2D eigenvalue weighted by Gasteiger charge is -2.07. The summed E-state index contributed by atoms with van der Waals surface area (Å²) in [6.07, 6.45) is 3.55. The number of rotatable bonds is 3. The monoisotopic (exact) mass is 223 g/mol. The topological polar surface area (TPSA) is 43.1 Å². The third kappa shape index (κ3) is 2.47. The molecule has 0 heterocycles. The molecule has 3 heteroatoms. The minimum absolute atomic E-state index is 0.000845. The molecule has 0 spiro atoms. The van der Waals surface area contributed by atoms with Crippen LogP contribution in [0.15, 0.2) is 23.1 Å². The summed E-state index contributed by atoms with van der Waals surface area (Å²) >= 11 is 0. The van der Waals surface area contributed by atoms with Gasteiger partial charge in [0.1, 0.15) is 0 Å². The Hall–Kier alpha value is -0.670. The molecule has 0 radical (unpaired) electrons. The molecule has 15 heavy (non-hydrogen) atoms. The second-order valence-corrected chi connectivity index (χ2v) is 5.77. The molecule has 0 fully saturated rings. The van der Waals surface area contributed by atoms with E-state index in [0.29, 0.717) is 5.75 Å². The molecule has 2 N–H and O–H groups in total. The highest BCUT2D eigenvalue weighted by Crippen LogP contribution is 2.24. The van der Waals surface area contributed by atoms with Crippen molar-refractivity contribution in [2.24, 2.45) is 5.73 Å². The first-order valence-corrected chi connectivity index (χ1v) is 6.74. The van der Waals surface area contributed by atoms with Crippen LogP contribution in [0.4, 0.5) is 0 Å². The molecule has 0 amide bonds. The smallest absolute Gasteiger partial charge is 0.0545 e. The van der Waals surface area contributed by atoms with E-state index < -0.39 is 10.8 Å². The Morgan fingerprint density at radius 3 is 2.87 bits per heavy atom. The minimum Gasteiger partial charge on any atom is -0.327 e. The fraction of sp³-hybridized carbons (Fsp3) is 0.500. The molecule has 2 atom stereocenters. The van der Waals surface area contributed by atoms with Crippen LogP contribution in [-0.2, 0) is 23.6 Å². The van der Waals surface area contributed by atoms with Crippen molar-refractivity contribution < 1.29 is 4.21 Å². The Balaban J connectivity index is 2.19. The van der Waals surface area contributed by atoms with Crippen molar-refractivity contribution in [3.05, 3.63) is 29.3 Å². The van der Waals surface area contributed by atoms with Crippen LogP contribution < -0.4 is 5.73 Å². The predicted molar refractivity (Wildman–Crippen MR) is 63.4 cm³/mol. The standard InChI is InChI=1S/C12H17NOS/c1-9(13)8-15(14)12-6-5-10-3-2-4-11(10)7-12/h5-7,9H,2-4,8,13H2,1H3. The summed E-state index contributed by atoms with van der Waals surface area (Å²) in [5.41, 5.74) is 8.46. The number of fused-ring (bicyclic) bond motifs is 1. The quantitative estimate of drug-likeness (QED) is 0.846. The van der Waals surface area contributed by atoms with E-state index in [0.717, 1.165) is 11.3 Å². The van der Waals surface area contributed by atoms with Crippen molar-refractivity contribution in [1.29, 1.82) is 0 Å². The van der Waals surface area contributed by atoms with Crippen LogP contribution in [0.3, 0.4) is 0 Å². The van der Waals surface area contributed by atoms with Crippen LogP contribution in [0.1, 0.15) is 24.5 Å². The van der Waals surface area contributed by atoms with Crippen molar-refractivity contribution in [1.82, 2.24) is 0 Å². The Labute approximate surface area is 93.3 Å². The van der Waals surface area contributed by atoms with E-state index in [1.165, 1.54) is 24.0 Å².